The van der Waals surface area contributed by atoms with Gasteiger partial charge >= 0.3 is 0 Å². The molecule has 0 spiro atoms. The van der Waals surface area contributed by atoms with Crippen molar-refractivity contribution >= 4 is 57.4 Å². The Balaban J connectivity index is 2.35. The lowest BCUT2D eigenvalue weighted by Gasteiger charge is -2.09. The number of para-hydroxylation sites is 2. The van der Waals surface area contributed by atoms with Crippen LogP contribution in [0.2, 0.25) is 20.1 Å². The normalized spacial score (nSPS) is 11.0. The zero-order valence-corrected chi connectivity index (χ0v) is 13.3. The molecule has 0 saturated heterocycles. The molecule has 0 amide bonds. The maximum atomic E-state index is 12.2. The van der Waals surface area contributed by atoms with Crippen LogP contribution in [0.15, 0.2) is 35.1 Å². The summed E-state index contributed by atoms with van der Waals surface area (Å²) >= 11 is 24.1. The van der Waals surface area contributed by atoms with Gasteiger partial charge in [0, 0.05) is 5.56 Å². The Kier molecular flexibility index (Phi) is 3.84. The molecule has 0 radical (unpaired) electrons. The fourth-order valence-electron chi connectivity index (χ4n) is 1.96. The number of aromatic amines is 1. The number of nitrogens with zero attached hydrogens (tertiary/aromatic N) is 1. The van der Waals surface area contributed by atoms with Crippen LogP contribution in [0.1, 0.15) is 0 Å². The van der Waals surface area contributed by atoms with Gasteiger partial charge in [0.05, 0.1) is 31.1 Å². The van der Waals surface area contributed by atoms with E-state index < -0.39 is 0 Å². The molecule has 1 aromatic heterocycles. The maximum absolute atomic E-state index is 12.2. The minimum absolute atomic E-state index is 0.0928. The van der Waals surface area contributed by atoms with Crippen LogP contribution >= 0.6 is 46.4 Å². The van der Waals surface area contributed by atoms with E-state index in [1.165, 1.54) is 6.07 Å². The first-order valence-electron chi connectivity index (χ1n) is 5.81. The van der Waals surface area contributed by atoms with E-state index in [0.29, 0.717) is 16.6 Å². The van der Waals surface area contributed by atoms with Crippen molar-refractivity contribution in [2.24, 2.45) is 0 Å². The highest BCUT2D eigenvalue weighted by Crippen LogP contribution is 2.41. The van der Waals surface area contributed by atoms with Gasteiger partial charge in [-0.05, 0) is 18.2 Å². The van der Waals surface area contributed by atoms with E-state index in [2.05, 4.69) is 9.97 Å². The van der Waals surface area contributed by atoms with E-state index in [0.717, 1.165) is 0 Å². The number of rotatable bonds is 1. The highest BCUT2D eigenvalue weighted by Gasteiger charge is 2.18. The molecule has 0 atom stereocenters. The predicted molar refractivity (Wildman–Crippen MR) is 87.8 cm³/mol. The fourth-order valence-corrected chi connectivity index (χ4v) is 2.85. The van der Waals surface area contributed by atoms with E-state index >= 15 is 0 Å². The molecule has 1 heterocycles. The van der Waals surface area contributed by atoms with E-state index in [9.17, 15) is 4.79 Å². The first-order chi connectivity index (χ1) is 9.99. The topological polar surface area (TPSA) is 45.8 Å². The molecule has 0 aliphatic carbocycles. The molecular weight excluding hydrogens is 354 g/mol. The minimum Gasteiger partial charge on any atom is -0.319 e. The number of halogens is 4. The van der Waals surface area contributed by atoms with Crippen LogP contribution in [0, 0.1) is 0 Å². The fraction of sp³-hybridized carbons (Fsp3) is 0. The Morgan fingerprint density at radius 1 is 0.952 bits per heavy atom. The second kappa shape index (κ2) is 5.50. The van der Waals surface area contributed by atoms with E-state index in [1.807, 2.05) is 12.1 Å². The molecule has 3 nitrogen and oxygen atoms in total. The molecule has 7 heteroatoms. The minimum atomic E-state index is -0.384. The monoisotopic (exact) mass is 358 g/mol. The number of benzene rings is 2. The van der Waals surface area contributed by atoms with Gasteiger partial charge in [-0.1, -0.05) is 58.5 Å². The van der Waals surface area contributed by atoms with Crippen molar-refractivity contribution in [2.45, 2.75) is 0 Å². The molecule has 106 valence electrons. The third-order valence-corrected chi connectivity index (χ3v) is 4.71. The summed E-state index contributed by atoms with van der Waals surface area (Å²) in [6.07, 6.45) is 0. The summed E-state index contributed by atoms with van der Waals surface area (Å²) in [4.78, 5) is 19.3. The van der Waals surface area contributed by atoms with Gasteiger partial charge < -0.3 is 4.98 Å². The van der Waals surface area contributed by atoms with Crippen molar-refractivity contribution in [3.05, 3.63) is 60.8 Å². The zero-order chi connectivity index (χ0) is 15.1. The second-order valence-electron chi connectivity index (χ2n) is 4.28. The van der Waals surface area contributed by atoms with Crippen LogP contribution in [-0.2, 0) is 0 Å². The van der Waals surface area contributed by atoms with Gasteiger partial charge in [0.25, 0.3) is 5.56 Å². The number of H-pyrrole nitrogens is 1. The lowest BCUT2D eigenvalue weighted by atomic mass is 10.1. The molecule has 3 aromatic rings. The number of hydrogen-bond donors (Lipinski definition) is 1. The summed E-state index contributed by atoms with van der Waals surface area (Å²) in [7, 11) is 0. The molecular formula is C14H6Cl4N2O. The third kappa shape index (κ3) is 2.51. The average Bonchev–Trinajstić information content (AvgIpc) is 2.48. The van der Waals surface area contributed by atoms with Crippen molar-refractivity contribution in [1.82, 2.24) is 9.97 Å². The van der Waals surface area contributed by atoms with E-state index in [-0.39, 0.29) is 31.3 Å². The standard InChI is InChI=1S/C14H6Cl4N2O/c15-7-5-6(10(16)12(18)11(7)17)13-14(21)20-9-4-2-1-3-8(9)19-13/h1-5H,(H,20,21). The molecule has 2 aromatic carbocycles. The zero-order valence-electron chi connectivity index (χ0n) is 10.3. The van der Waals surface area contributed by atoms with Crippen LogP contribution in [-0.4, -0.2) is 9.97 Å². The van der Waals surface area contributed by atoms with Crippen molar-refractivity contribution in [3.63, 3.8) is 0 Å². The molecule has 0 aliphatic heterocycles. The first kappa shape index (κ1) is 14.7. The quantitative estimate of drug-likeness (QED) is 0.479. The van der Waals surface area contributed by atoms with Crippen molar-refractivity contribution in [1.29, 1.82) is 0 Å². The number of aromatic nitrogens is 2. The molecule has 1 N–H and O–H groups in total. The van der Waals surface area contributed by atoms with Gasteiger partial charge in [-0.25, -0.2) is 4.98 Å². The largest absolute Gasteiger partial charge is 0.319 e. The van der Waals surface area contributed by atoms with Crippen molar-refractivity contribution in [3.8, 4) is 11.3 Å². The first-order valence-corrected chi connectivity index (χ1v) is 7.32. The van der Waals surface area contributed by atoms with Gasteiger partial charge in [0.1, 0.15) is 5.69 Å². The lowest BCUT2D eigenvalue weighted by Crippen LogP contribution is -2.11. The maximum Gasteiger partial charge on any atom is 0.275 e. The average molecular weight is 360 g/mol. The Labute approximate surface area is 139 Å². The second-order valence-corrected chi connectivity index (χ2v) is 5.82. The molecule has 0 aliphatic rings. The van der Waals surface area contributed by atoms with Crippen molar-refractivity contribution < 1.29 is 0 Å². The molecule has 21 heavy (non-hydrogen) atoms. The summed E-state index contributed by atoms with van der Waals surface area (Å²) in [6.45, 7) is 0. The Morgan fingerprint density at radius 2 is 1.67 bits per heavy atom. The molecule has 3 rings (SSSR count). The number of nitrogens with one attached hydrogen (secondary N) is 1. The van der Waals surface area contributed by atoms with Crippen molar-refractivity contribution in [2.75, 3.05) is 0 Å². The highest BCUT2D eigenvalue weighted by atomic mass is 35.5. The van der Waals surface area contributed by atoms with Gasteiger partial charge in [-0.3, -0.25) is 4.79 Å². The lowest BCUT2D eigenvalue weighted by molar-refractivity contribution is 1.22. The molecule has 0 fully saturated rings. The van der Waals surface area contributed by atoms with E-state index in [4.69, 9.17) is 46.4 Å². The summed E-state index contributed by atoms with van der Waals surface area (Å²) in [6, 6.07) is 8.65. The number of hydrogen-bond acceptors (Lipinski definition) is 2. The van der Waals surface area contributed by atoms with Gasteiger partial charge in [0.15, 0.2) is 0 Å². The number of fused-ring (bicyclic) bond motifs is 1. The van der Waals surface area contributed by atoms with Gasteiger partial charge in [-0.2, -0.15) is 0 Å². The highest BCUT2D eigenvalue weighted by molar-refractivity contribution is 6.52. The predicted octanol–water partition coefficient (Wildman–Crippen LogP) is 5.20. The Bertz CT molecular complexity index is 921. The Morgan fingerprint density at radius 3 is 2.43 bits per heavy atom. The Hall–Kier alpha value is -1.26. The summed E-state index contributed by atoms with van der Waals surface area (Å²) in [5, 5.41) is 0.578. The van der Waals surface area contributed by atoms with Gasteiger partial charge in [-0.15, -0.1) is 0 Å². The van der Waals surface area contributed by atoms with Crippen LogP contribution in [0.25, 0.3) is 22.3 Å². The van der Waals surface area contributed by atoms with Crippen LogP contribution in [0.4, 0.5) is 0 Å². The smallest absolute Gasteiger partial charge is 0.275 e. The summed E-state index contributed by atoms with van der Waals surface area (Å²) in [5.74, 6) is 0. The van der Waals surface area contributed by atoms with Crippen LogP contribution in [0.3, 0.4) is 0 Å². The van der Waals surface area contributed by atoms with Crippen LogP contribution < -0.4 is 5.56 Å². The SMILES string of the molecule is O=c1[nH]c2ccccc2nc1-c1cc(Cl)c(Cl)c(Cl)c1Cl. The third-order valence-electron chi connectivity index (χ3n) is 2.96. The van der Waals surface area contributed by atoms with Crippen LogP contribution in [0.5, 0.6) is 0 Å². The molecule has 0 unspecified atom stereocenters. The molecule has 0 saturated carbocycles. The summed E-state index contributed by atoms with van der Waals surface area (Å²) < 4.78 is 0. The van der Waals surface area contributed by atoms with E-state index in [1.54, 1.807) is 12.1 Å². The molecule has 0 bridgehead atoms. The summed E-state index contributed by atoms with van der Waals surface area (Å²) in [5.41, 5.74) is 1.35. The van der Waals surface area contributed by atoms with Gasteiger partial charge in [0.2, 0.25) is 0 Å².